The van der Waals surface area contributed by atoms with E-state index in [9.17, 15) is 9.59 Å². The molecule has 1 heterocycles. The summed E-state index contributed by atoms with van der Waals surface area (Å²) in [5.74, 6) is -1.34. The number of carbonyl (C=O) groups is 2. The number of nitrogens with zero attached hydrogens (tertiary/aromatic N) is 3. The lowest BCUT2D eigenvalue weighted by molar-refractivity contribution is -0.140. The summed E-state index contributed by atoms with van der Waals surface area (Å²) in [5.41, 5.74) is -0.349. The molecule has 0 amide bonds. The number of aromatic nitrogens is 2. The molecule has 1 aromatic rings. The lowest BCUT2D eigenvalue weighted by Crippen LogP contribution is -2.44. The summed E-state index contributed by atoms with van der Waals surface area (Å²) in [4.78, 5) is 27.4. The van der Waals surface area contributed by atoms with E-state index in [1.54, 1.807) is 11.1 Å². The molecule has 0 bridgehead atoms. The van der Waals surface area contributed by atoms with Crippen molar-refractivity contribution in [2.75, 3.05) is 6.54 Å². The number of hydrogen-bond acceptors (Lipinski definition) is 4. The zero-order chi connectivity index (χ0) is 14.6. The van der Waals surface area contributed by atoms with Crippen LogP contribution in [0.15, 0.2) is 12.4 Å². The number of hydrogen-bond donors (Lipinski definition) is 2. The van der Waals surface area contributed by atoms with E-state index in [0.717, 1.165) is 0 Å². The van der Waals surface area contributed by atoms with Crippen LogP contribution < -0.4 is 0 Å². The van der Waals surface area contributed by atoms with Gasteiger partial charge in [-0.3, -0.25) is 14.5 Å². The van der Waals surface area contributed by atoms with Crippen LogP contribution in [0, 0.1) is 0 Å². The van der Waals surface area contributed by atoms with Crippen molar-refractivity contribution in [1.82, 2.24) is 14.5 Å². The standard InChI is InChI=1S/C12H19N3O4/c1-12(2,3)15(8-11(18)19)6-9-13-4-5-14(9)7-10(16)17/h4-5H,6-8H2,1-3H3,(H,16,17)(H,18,19). The molecule has 0 aliphatic carbocycles. The summed E-state index contributed by atoms with van der Waals surface area (Å²) < 4.78 is 1.50. The van der Waals surface area contributed by atoms with Crippen LogP contribution in [-0.4, -0.2) is 48.7 Å². The van der Waals surface area contributed by atoms with Gasteiger partial charge >= 0.3 is 11.9 Å². The number of rotatable bonds is 6. The molecule has 0 aliphatic rings. The van der Waals surface area contributed by atoms with Crippen LogP contribution in [0.2, 0.25) is 0 Å². The highest BCUT2D eigenvalue weighted by Crippen LogP contribution is 2.16. The quantitative estimate of drug-likeness (QED) is 0.787. The van der Waals surface area contributed by atoms with Crippen molar-refractivity contribution in [2.45, 2.75) is 39.4 Å². The predicted octanol–water partition coefficient (Wildman–Crippen LogP) is 0.653. The zero-order valence-corrected chi connectivity index (χ0v) is 11.3. The van der Waals surface area contributed by atoms with E-state index >= 15 is 0 Å². The first-order valence-corrected chi connectivity index (χ1v) is 5.89. The van der Waals surface area contributed by atoms with E-state index in [2.05, 4.69) is 4.98 Å². The Bertz CT molecular complexity index is 462. The minimum Gasteiger partial charge on any atom is -0.480 e. The highest BCUT2D eigenvalue weighted by Gasteiger charge is 2.25. The van der Waals surface area contributed by atoms with Crippen molar-refractivity contribution >= 4 is 11.9 Å². The summed E-state index contributed by atoms with van der Waals surface area (Å²) in [7, 11) is 0. The molecule has 0 unspecified atom stereocenters. The molecular formula is C12H19N3O4. The van der Waals surface area contributed by atoms with Crippen LogP contribution in [-0.2, 0) is 22.7 Å². The number of carboxylic acid groups (broad SMARTS) is 2. The lowest BCUT2D eigenvalue weighted by atomic mass is 10.1. The van der Waals surface area contributed by atoms with Crippen molar-refractivity contribution in [3.05, 3.63) is 18.2 Å². The Kier molecular flexibility index (Phi) is 4.66. The molecule has 2 N–H and O–H groups in total. The first-order chi connectivity index (χ1) is 8.70. The Labute approximate surface area is 111 Å². The number of imidazole rings is 1. The van der Waals surface area contributed by atoms with Crippen molar-refractivity contribution in [2.24, 2.45) is 0 Å². The Hall–Kier alpha value is -1.89. The lowest BCUT2D eigenvalue weighted by Gasteiger charge is -2.34. The SMILES string of the molecule is CC(C)(C)N(CC(=O)O)Cc1nccn1CC(=O)O. The first kappa shape index (κ1) is 15.2. The molecule has 0 fully saturated rings. The van der Waals surface area contributed by atoms with Crippen LogP contribution in [0.25, 0.3) is 0 Å². The molecule has 0 saturated heterocycles. The van der Waals surface area contributed by atoms with Crippen LogP contribution in [0.3, 0.4) is 0 Å². The first-order valence-electron chi connectivity index (χ1n) is 5.89. The zero-order valence-electron chi connectivity index (χ0n) is 11.3. The Balaban J connectivity index is 2.87. The van der Waals surface area contributed by atoms with Gasteiger partial charge in [0.2, 0.25) is 0 Å². The maximum Gasteiger partial charge on any atom is 0.323 e. The molecule has 106 valence electrons. The topological polar surface area (TPSA) is 95.7 Å². The summed E-state index contributed by atoms with van der Waals surface area (Å²) >= 11 is 0. The fraction of sp³-hybridized carbons (Fsp3) is 0.583. The second-order valence-electron chi connectivity index (χ2n) is 5.29. The molecule has 0 aromatic carbocycles. The summed E-state index contributed by atoms with van der Waals surface area (Å²) in [6.07, 6.45) is 3.09. The summed E-state index contributed by atoms with van der Waals surface area (Å²) in [5, 5.41) is 17.7. The highest BCUT2D eigenvalue weighted by atomic mass is 16.4. The predicted molar refractivity (Wildman–Crippen MR) is 67.7 cm³/mol. The second kappa shape index (κ2) is 5.83. The molecule has 0 atom stereocenters. The normalized spacial score (nSPS) is 11.8. The average molecular weight is 269 g/mol. The van der Waals surface area contributed by atoms with Gasteiger partial charge in [-0.15, -0.1) is 0 Å². The Morgan fingerprint density at radius 1 is 1.32 bits per heavy atom. The van der Waals surface area contributed by atoms with Gasteiger partial charge in [0.25, 0.3) is 0 Å². The van der Waals surface area contributed by atoms with Gasteiger partial charge in [0.1, 0.15) is 12.4 Å². The van der Waals surface area contributed by atoms with Gasteiger partial charge in [-0.2, -0.15) is 0 Å². The number of carboxylic acids is 2. The fourth-order valence-corrected chi connectivity index (χ4v) is 1.65. The third kappa shape index (κ3) is 4.70. The third-order valence-electron chi connectivity index (χ3n) is 2.71. The van der Waals surface area contributed by atoms with Gasteiger partial charge in [0, 0.05) is 17.9 Å². The minimum atomic E-state index is -0.959. The smallest absolute Gasteiger partial charge is 0.323 e. The fourth-order valence-electron chi connectivity index (χ4n) is 1.65. The van der Waals surface area contributed by atoms with Crippen molar-refractivity contribution < 1.29 is 19.8 Å². The maximum absolute atomic E-state index is 10.9. The maximum atomic E-state index is 10.9. The van der Waals surface area contributed by atoms with Crippen molar-refractivity contribution in [3.8, 4) is 0 Å². The molecule has 0 spiro atoms. The van der Waals surface area contributed by atoms with E-state index in [0.29, 0.717) is 5.82 Å². The highest BCUT2D eigenvalue weighted by molar-refractivity contribution is 5.69. The summed E-state index contributed by atoms with van der Waals surface area (Å²) in [6, 6.07) is 0. The van der Waals surface area contributed by atoms with Crippen molar-refractivity contribution in [1.29, 1.82) is 0 Å². The largest absolute Gasteiger partial charge is 0.480 e. The van der Waals surface area contributed by atoms with E-state index < -0.39 is 11.9 Å². The third-order valence-corrected chi connectivity index (χ3v) is 2.71. The Morgan fingerprint density at radius 2 is 1.95 bits per heavy atom. The van der Waals surface area contributed by atoms with Gasteiger partial charge < -0.3 is 14.8 Å². The van der Waals surface area contributed by atoms with Crippen LogP contribution >= 0.6 is 0 Å². The van der Waals surface area contributed by atoms with E-state index in [1.165, 1.54) is 10.8 Å². The Morgan fingerprint density at radius 3 is 2.42 bits per heavy atom. The monoisotopic (exact) mass is 269 g/mol. The molecule has 7 nitrogen and oxygen atoms in total. The van der Waals surface area contributed by atoms with Gasteiger partial charge in [-0.25, -0.2) is 4.98 Å². The van der Waals surface area contributed by atoms with E-state index in [-0.39, 0.29) is 25.2 Å². The average Bonchev–Trinajstić information content (AvgIpc) is 2.61. The van der Waals surface area contributed by atoms with Crippen LogP contribution in [0.4, 0.5) is 0 Å². The van der Waals surface area contributed by atoms with Crippen molar-refractivity contribution in [3.63, 3.8) is 0 Å². The van der Waals surface area contributed by atoms with Gasteiger partial charge in [-0.05, 0) is 20.8 Å². The van der Waals surface area contributed by atoms with E-state index in [1.807, 2.05) is 20.8 Å². The molecule has 0 saturated carbocycles. The molecule has 7 heteroatoms. The number of aliphatic carboxylic acids is 2. The van der Waals surface area contributed by atoms with Gasteiger partial charge in [-0.1, -0.05) is 0 Å². The summed E-state index contributed by atoms with van der Waals surface area (Å²) in [6.45, 7) is 5.70. The van der Waals surface area contributed by atoms with Crippen LogP contribution in [0.1, 0.15) is 26.6 Å². The molecular weight excluding hydrogens is 250 g/mol. The van der Waals surface area contributed by atoms with Crippen LogP contribution in [0.5, 0.6) is 0 Å². The molecule has 19 heavy (non-hydrogen) atoms. The van der Waals surface area contributed by atoms with Gasteiger partial charge in [0.05, 0.1) is 13.1 Å². The molecule has 1 rings (SSSR count). The molecule has 0 radical (unpaired) electrons. The van der Waals surface area contributed by atoms with E-state index in [4.69, 9.17) is 10.2 Å². The van der Waals surface area contributed by atoms with Gasteiger partial charge in [0.15, 0.2) is 0 Å². The second-order valence-corrected chi connectivity index (χ2v) is 5.29. The molecule has 0 aliphatic heterocycles. The minimum absolute atomic E-state index is 0.122. The molecule has 1 aromatic heterocycles.